The van der Waals surface area contributed by atoms with Crippen molar-refractivity contribution < 1.29 is 4.79 Å². The maximum atomic E-state index is 12.6. The van der Waals surface area contributed by atoms with Crippen molar-refractivity contribution in [1.82, 2.24) is 24.9 Å². The Morgan fingerprint density at radius 3 is 3.00 bits per heavy atom. The van der Waals surface area contributed by atoms with Gasteiger partial charge < -0.3 is 4.90 Å². The molecule has 2 aromatic rings. The molecule has 6 nitrogen and oxygen atoms in total. The molecule has 1 atom stereocenters. The van der Waals surface area contributed by atoms with Crippen molar-refractivity contribution in [2.45, 2.75) is 45.2 Å². The van der Waals surface area contributed by atoms with Crippen LogP contribution in [0.5, 0.6) is 0 Å². The molecule has 3 heterocycles. The highest BCUT2D eigenvalue weighted by atomic mass is 16.2. The minimum absolute atomic E-state index is 0.146. The van der Waals surface area contributed by atoms with E-state index in [0.29, 0.717) is 13.0 Å². The van der Waals surface area contributed by atoms with E-state index >= 15 is 0 Å². The smallest absolute Gasteiger partial charge is 0.224 e. The summed E-state index contributed by atoms with van der Waals surface area (Å²) in [7, 11) is 0. The van der Waals surface area contributed by atoms with Crippen molar-refractivity contribution in [2.75, 3.05) is 6.54 Å². The van der Waals surface area contributed by atoms with Gasteiger partial charge in [0.1, 0.15) is 0 Å². The van der Waals surface area contributed by atoms with Gasteiger partial charge in [-0.2, -0.15) is 10.2 Å². The summed E-state index contributed by atoms with van der Waals surface area (Å²) in [6.07, 6.45) is 7.26. The Kier molecular flexibility index (Phi) is 4.03. The van der Waals surface area contributed by atoms with Gasteiger partial charge in [0.15, 0.2) is 0 Å². The lowest BCUT2D eigenvalue weighted by Crippen LogP contribution is -2.39. The Labute approximate surface area is 124 Å². The van der Waals surface area contributed by atoms with Crippen LogP contribution in [0.2, 0.25) is 0 Å². The van der Waals surface area contributed by atoms with Gasteiger partial charge in [-0.1, -0.05) is 0 Å². The largest absolute Gasteiger partial charge is 0.334 e. The lowest BCUT2D eigenvalue weighted by molar-refractivity contribution is -0.135. The number of carbonyl (C=O) groups excluding carboxylic acids is 1. The number of nitrogens with one attached hydrogen (secondary N) is 1. The van der Waals surface area contributed by atoms with Crippen LogP contribution in [0.15, 0.2) is 24.5 Å². The number of aromatic amines is 1. The predicted molar refractivity (Wildman–Crippen MR) is 78.5 cm³/mol. The minimum Gasteiger partial charge on any atom is -0.334 e. The summed E-state index contributed by atoms with van der Waals surface area (Å²) in [6, 6.07) is 4.07. The molecule has 1 fully saturated rings. The van der Waals surface area contributed by atoms with Crippen molar-refractivity contribution >= 4 is 5.91 Å². The van der Waals surface area contributed by atoms with Gasteiger partial charge in [0.2, 0.25) is 5.91 Å². The first kappa shape index (κ1) is 13.9. The molecule has 3 rings (SSSR count). The molecule has 1 aliphatic heterocycles. The van der Waals surface area contributed by atoms with Crippen LogP contribution < -0.4 is 0 Å². The highest BCUT2D eigenvalue weighted by molar-refractivity contribution is 5.76. The summed E-state index contributed by atoms with van der Waals surface area (Å²) in [4.78, 5) is 14.6. The number of aryl methyl sites for hydroxylation is 2. The molecule has 0 aliphatic carbocycles. The van der Waals surface area contributed by atoms with Crippen molar-refractivity contribution in [1.29, 1.82) is 0 Å². The van der Waals surface area contributed by atoms with Gasteiger partial charge >= 0.3 is 0 Å². The van der Waals surface area contributed by atoms with Crippen molar-refractivity contribution in [3.05, 3.63) is 35.9 Å². The van der Waals surface area contributed by atoms with E-state index in [0.717, 1.165) is 37.2 Å². The Hall–Kier alpha value is -2.11. The number of carbonyl (C=O) groups is 1. The van der Waals surface area contributed by atoms with Crippen LogP contribution in [0, 0.1) is 6.92 Å². The van der Waals surface area contributed by atoms with E-state index in [9.17, 15) is 4.79 Å². The molecule has 2 aromatic heterocycles. The number of amides is 1. The summed E-state index contributed by atoms with van der Waals surface area (Å²) >= 11 is 0. The number of hydrogen-bond donors (Lipinski definition) is 1. The van der Waals surface area contributed by atoms with Crippen LogP contribution >= 0.6 is 0 Å². The standard InChI is InChI=1S/C15H21N5O/c1-12-5-9-17-20(12)11-7-15(21)19-10-3-2-4-14(19)13-6-8-16-18-13/h5-6,8-9,14H,2-4,7,10-11H2,1H3,(H,16,18). The molecule has 1 amide bonds. The van der Waals surface area contributed by atoms with Gasteiger partial charge in [-0.25, -0.2) is 0 Å². The third-order valence-electron chi connectivity index (χ3n) is 4.17. The lowest BCUT2D eigenvalue weighted by Gasteiger charge is -2.35. The maximum Gasteiger partial charge on any atom is 0.224 e. The SMILES string of the molecule is Cc1ccnn1CCC(=O)N1CCCCC1c1ccn[nH]1. The first-order valence-electron chi connectivity index (χ1n) is 7.53. The lowest BCUT2D eigenvalue weighted by atomic mass is 9.99. The van der Waals surface area contributed by atoms with Gasteiger partial charge in [0.25, 0.3) is 0 Å². The van der Waals surface area contributed by atoms with E-state index in [1.165, 1.54) is 0 Å². The topological polar surface area (TPSA) is 66.8 Å². The molecule has 112 valence electrons. The molecule has 0 radical (unpaired) electrons. The van der Waals surface area contributed by atoms with E-state index < -0.39 is 0 Å². The number of likely N-dealkylation sites (tertiary alicyclic amines) is 1. The maximum absolute atomic E-state index is 12.6. The van der Waals surface area contributed by atoms with E-state index in [1.807, 2.05) is 28.6 Å². The van der Waals surface area contributed by atoms with Gasteiger partial charge in [-0.05, 0) is 38.3 Å². The molecule has 0 saturated carbocycles. The summed E-state index contributed by atoms with van der Waals surface area (Å²) < 4.78 is 1.88. The number of H-pyrrole nitrogens is 1. The normalized spacial score (nSPS) is 18.9. The Morgan fingerprint density at radius 2 is 2.29 bits per heavy atom. The van der Waals surface area contributed by atoms with Gasteiger partial charge in [0, 0.05) is 37.6 Å². The predicted octanol–water partition coefficient (Wildman–Crippen LogP) is 2.06. The van der Waals surface area contributed by atoms with Crippen LogP contribution in [-0.2, 0) is 11.3 Å². The fourth-order valence-corrected chi connectivity index (χ4v) is 2.98. The Morgan fingerprint density at radius 1 is 1.38 bits per heavy atom. The van der Waals surface area contributed by atoms with Crippen LogP contribution in [-0.4, -0.2) is 37.3 Å². The first-order valence-corrected chi connectivity index (χ1v) is 7.53. The number of hydrogen-bond acceptors (Lipinski definition) is 3. The summed E-state index contributed by atoms with van der Waals surface area (Å²) in [6.45, 7) is 3.48. The quantitative estimate of drug-likeness (QED) is 0.936. The van der Waals surface area contributed by atoms with Crippen molar-refractivity contribution in [3.8, 4) is 0 Å². The molecule has 1 aliphatic rings. The monoisotopic (exact) mass is 287 g/mol. The zero-order chi connectivity index (χ0) is 14.7. The average Bonchev–Trinajstić information content (AvgIpc) is 3.16. The fourth-order valence-electron chi connectivity index (χ4n) is 2.98. The molecule has 0 spiro atoms. The van der Waals surface area contributed by atoms with E-state index in [-0.39, 0.29) is 11.9 Å². The third kappa shape index (κ3) is 2.99. The summed E-state index contributed by atoms with van der Waals surface area (Å²) in [5.41, 5.74) is 2.13. The Balaban J connectivity index is 1.65. The minimum atomic E-state index is 0.146. The summed E-state index contributed by atoms with van der Waals surface area (Å²) in [5.74, 6) is 0.198. The molecule has 1 saturated heterocycles. The van der Waals surface area contributed by atoms with Crippen LogP contribution in [0.3, 0.4) is 0 Å². The molecule has 0 aromatic carbocycles. The number of rotatable bonds is 4. The molecular formula is C15H21N5O. The van der Waals surface area contributed by atoms with Crippen LogP contribution in [0.4, 0.5) is 0 Å². The molecular weight excluding hydrogens is 266 g/mol. The first-order chi connectivity index (χ1) is 10.3. The zero-order valence-electron chi connectivity index (χ0n) is 12.3. The van der Waals surface area contributed by atoms with Crippen molar-refractivity contribution in [2.24, 2.45) is 0 Å². The third-order valence-corrected chi connectivity index (χ3v) is 4.17. The molecule has 21 heavy (non-hydrogen) atoms. The zero-order valence-corrected chi connectivity index (χ0v) is 12.3. The molecule has 0 bridgehead atoms. The molecule has 6 heteroatoms. The second-order valence-corrected chi connectivity index (χ2v) is 5.56. The van der Waals surface area contributed by atoms with E-state index in [1.54, 1.807) is 12.4 Å². The van der Waals surface area contributed by atoms with E-state index in [2.05, 4.69) is 15.3 Å². The van der Waals surface area contributed by atoms with Gasteiger partial charge in [-0.3, -0.25) is 14.6 Å². The highest BCUT2D eigenvalue weighted by Crippen LogP contribution is 2.30. The fraction of sp³-hybridized carbons (Fsp3) is 0.533. The van der Waals surface area contributed by atoms with Gasteiger partial charge in [0.05, 0.1) is 11.7 Å². The summed E-state index contributed by atoms with van der Waals surface area (Å²) in [5, 5.41) is 11.3. The molecule has 1 unspecified atom stereocenters. The van der Waals surface area contributed by atoms with E-state index in [4.69, 9.17) is 0 Å². The van der Waals surface area contributed by atoms with Crippen LogP contribution in [0.25, 0.3) is 0 Å². The number of piperidine rings is 1. The van der Waals surface area contributed by atoms with Crippen LogP contribution in [0.1, 0.15) is 43.1 Å². The highest BCUT2D eigenvalue weighted by Gasteiger charge is 2.28. The molecule has 1 N–H and O–H groups in total. The number of aromatic nitrogens is 4. The Bertz CT molecular complexity index is 589. The van der Waals surface area contributed by atoms with Crippen molar-refractivity contribution in [3.63, 3.8) is 0 Å². The number of nitrogens with zero attached hydrogens (tertiary/aromatic N) is 4. The van der Waals surface area contributed by atoms with Gasteiger partial charge in [-0.15, -0.1) is 0 Å². The second-order valence-electron chi connectivity index (χ2n) is 5.56. The second kappa shape index (κ2) is 6.11. The average molecular weight is 287 g/mol.